The second-order valence-corrected chi connectivity index (χ2v) is 6.45. The maximum absolute atomic E-state index is 14.5. The highest BCUT2D eigenvalue weighted by atomic mass is 32.1. The van der Waals surface area contributed by atoms with Crippen LogP contribution in [0, 0.1) is 5.82 Å². The summed E-state index contributed by atoms with van der Waals surface area (Å²) in [5.41, 5.74) is 2.35. The van der Waals surface area contributed by atoms with Gasteiger partial charge in [0, 0.05) is 12.1 Å². The van der Waals surface area contributed by atoms with E-state index in [9.17, 15) is 14.0 Å². The Kier molecular flexibility index (Phi) is 4.43. The van der Waals surface area contributed by atoms with Crippen LogP contribution in [0.1, 0.15) is 49.6 Å². The number of hydrogen-bond acceptors (Lipinski definition) is 3. The van der Waals surface area contributed by atoms with Gasteiger partial charge in [0.05, 0.1) is 5.56 Å². The van der Waals surface area contributed by atoms with Gasteiger partial charge in [-0.05, 0) is 48.3 Å². The van der Waals surface area contributed by atoms with Crippen molar-refractivity contribution < 1.29 is 19.1 Å². The van der Waals surface area contributed by atoms with Crippen molar-refractivity contribution in [2.45, 2.75) is 32.2 Å². The van der Waals surface area contributed by atoms with E-state index in [1.165, 1.54) is 6.07 Å². The highest BCUT2D eigenvalue weighted by Crippen LogP contribution is 2.26. The van der Waals surface area contributed by atoms with Gasteiger partial charge in [0.2, 0.25) is 0 Å². The standard InChI is InChI=1S/C17H16FNO3S/c18-14-11(6-5-10-3-1-2-4-12(10)14)9-19-16(20)13-7-8-23-15(13)17(21)22/h5-8H,1-4,9H2,(H,19,20)(H,21,22). The number of halogens is 1. The summed E-state index contributed by atoms with van der Waals surface area (Å²) < 4.78 is 14.5. The molecule has 0 radical (unpaired) electrons. The molecule has 1 aliphatic rings. The first-order chi connectivity index (χ1) is 11.1. The van der Waals surface area contributed by atoms with Crippen molar-refractivity contribution in [2.75, 3.05) is 0 Å². The Labute approximate surface area is 137 Å². The molecule has 1 aromatic carbocycles. The van der Waals surface area contributed by atoms with Crippen molar-refractivity contribution in [3.05, 3.63) is 56.5 Å². The van der Waals surface area contributed by atoms with Crippen LogP contribution in [0.4, 0.5) is 4.39 Å². The Morgan fingerprint density at radius 1 is 1.22 bits per heavy atom. The van der Waals surface area contributed by atoms with E-state index in [0.717, 1.165) is 48.1 Å². The van der Waals surface area contributed by atoms with E-state index in [2.05, 4.69) is 5.32 Å². The average Bonchev–Trinajstić information content (AvgIpc) is 3.04. The number of rotatable bonds is 4. The van der Waals surface area contributed by atoms with Gasteiger partial charge in [-0.3, -0.25) is 4.79 Å². The normalized spacial score (nSPS) is 13.4. The summed E-state index contributed by atoms with van der Waals surface area (Å²) in [6.45, 7) is 0.0485. The lowest BCUT2D eigenvalue weighted by molar-refractivity contribution is 0.0696. The highest BCUT2D eigenvalue weighted by molar-refractivity contribution is 7.12. The first-order valence-electron chi connectivity index (χ1n) is 7.46. The summed E-state index contributed by atoms with van der Waals surface area (Å²) in [6, 6.07) is 5.09. The first-order valence-corrected chi connectivity index (χ1v) is 8.34. The molecule has 0 fully saturated rings. The third kappa shape index (κ3) is 3.12. The molecule has 4 nitrogen and oxygen atoms in total. The van der Waals surface area contributed by atoms with Crippen LogP contribution in [0.25, 0.3) is 0 Å². The Hall–Kier alpha value is -2.21. The lowest BCUT2D eigenvalue weighted by Gasteiger charge is -2.18. The molecular formula is C17H16FNO3S. The number of carbonyl (C=O) groups is 2. The number of fused-ring (bicyclic) bond motifs is 1. The second kappa shape index (κ2) is 6.50. The van der Waals surface area contributed by atoms with Crippen molar-refractivity contribution in [3.8, 4) is 0 Å². The number of amides is 1. The third-order valence-corrected chi connectivity index (χ3v) is 4.99. The lowest BCUT2D eigenvalue weighted by atomic mass is 9.90. The molecule has 0 bridgehead atoms. The van der Waals surface area contributed by atoms with Crippen molar-refractivity contribution in [1.29, 1.82) is 0 Å². The minimum atomic E-state index is -1.13. The minimum absolute atomic E-state index is 0.00610. The van der Waals surface area contributed by atoms with Gasteiger partial charge in [-0.25, -0.2) is 9.18 Å². The van der Waals surface area contributed by atoms with Crippen molar-refractivity contribution in [3.63, 3.8) is 0 Å². The number of nitrogens with one attached hydrogen (secondary N) is 1. The summed E-state index contributed by atoms with van der Waals surface area (Å²) in [4.78, 5) is 23.2. The fraction of sp³-hybridized carbons (Fsp3) is 0.294. The third-order valence-electron chi connectivity index (χ3n) is 4.09. The fourth-order valence-electron chi connectivity index (χ4n) is 2.89. The highest BCUT2D eigenvalue weighted by Gasteiger charge is 2.20. The molecule has 3 rings (SSSR count). The molecule has 0 saturated heterocycles. The number of aryl methyl sites for hydroxylation is 1. The molecular weight excluding hydrogens is 317 g/mol. The summed E-state index contributed by atoms with van der Waals surface area (Å²) in [7, 11) is 0. The van der Waals surface area contributed by atoms with E-state index in [0.29, 0.717) is 5.56 Å². The molecule has 2 aromatic rings. The molecule has 23 heavy (non-hydrogen) atoms. The van der Waals surface area contributed by atoms with Crippen LogP contribution in [0.2, 0.25) is 0 Å². The number of hydrogen-bond donors (Lipinski definition) is 2. The van der Waals surface area contributed by atoms with Crippen LogP contribution in [0.3, 0.4) is 0 Å². The number of carboxylic acids is 1. The van der Waals surface area contributed by atoms with Crippen LogP contribution in [-0.4, -0.2) is 17.0 Å². The molecule has 0 saturated carbocycles. The zero-order chi connectivity index (χ0) is 16.4. The summed E-state index contributed by atoms with van der Waals surface area (Å²) in [5.74, 6) is -1.88. The molecule has 1 amide bonds. The molecule has 0 atom stereocenters. The number of carbonyl (C=O) groups excluding carboxylic acids is 1. The molecule has 2 N–H and O–H groups in total. The molecule has 1 aliphatic carbocycles. The monoisotopic (exact) mass is 333 g/mol. The van der Waals surface area contributed by atoms with E-state index in [4.69, 9.17) is 5.11 Å². The zero-order valence-corrected chi connectivity index (χ0v) is 13.2. The van der Waals surface area contributed by atoms with Gasteiger partial charge < -0.3 is 10.4 Å². The number of carboxylic acid groups (broad SMARTS) is 1. The number of thiophene rings is 1. The van der Waals surface area contributed by atoms with Crippen LogP contribution in [0.5, 0.6) is 0 Å². The Balaban J connectivity index is 1.74. The van der Waals surface area contributed by atoms with Crippen LogP contribution in [-0.2, 0) is 19.4 Å². The topological polar surface area (TPSA) is 66.4 Å². The van der Waals surface area contributed by atoms with E-state index in [1.807, 2.05) is 6.07 Å². The second-order valence-electron chi connectivity index (χ2n) is 5.53. The Morgan fingerprint density at radius 3 is 2.78 bits per heavy atom. The van der Waals surface area contributed by atoms with E-state index >= 15 is 0 Å². The SMILES string of the molecule is O=C(NCc1ccc2c(c1F)CCCC2)c1ccsc1C(=O)O. The van der Waals surface area contributed by atoms with Gasteiger partial charge in [0.15, 0.2) is 0 Å². The minimum Gasteiger partial charge on any atom is -0.477 e. The van der Waals surface area contributed by atoms with Crippen molar-refractivity contribution in [1.82, 2.24) is 5.32 Å². The van der Waals surface area contributed by atoms with Gasteiger partial charge in [0.25, 0.3) is 5.91 Å². The number of aromatic carboxylic acids is 1. The lowest BCUT2D eigenvalue weighted by Crippen LogP contribution is -2.25. The average molecular weight is 333 g/mol. The van der Waals surface area contributed by atoms with E-state index < -0.39 is 11.9 Å². The molecule has 0 unspecified atom stereocenters. The van der Waals surface area contributed by atoms with Crippen molar-refractivity contribution >= 4 is 23.2 Å². The summed E-state index contributed by atoms with van der Waals surface area (Å²) >= 11 is 0.995. The molecule has 6 heteroatoms. The predicted molar refractivity (Wildman–Crippen MR) is 85.5 cm³/mol. The van der Waals surface area contributed by atoms with Gasteiger partial charge in [0.1, 0.15) is 10.7 Å². The largest absolute Gasteiger partial charge is 0.477 e. The summed E-state index contributed by atoms with van der Waals surface area (Å²) in [5, 5.41) is 13.2. The zero-order valence-electron chi connectivity index (χ0n) is 12.4. The van der Waals surface area contributed by atoms with Gasteiger partial charge in [-0.1, -0.05) is 12.1 Å². The fourth-order valence-corrected chi connectivity index (χ4v) is 3.62. The maximum atomic E-state index is 14.5. The quantitative estimate of drug-likeness (QED) is 0.901. The van der Waals surface area contributed by atoms with E-state index in [-0.39, 0.29) is 22.8 Å². The van der Waals surface area contributed by atoms with Gasteiger partial charge >= 0.3 is 5.97 Å². The summed E-state index contributed by atoms with van der Waals surface area (Å²) in [6.07, 6.45) is 3.70. The maximum Gasteiger partial charge on any atom is 0.346 e. The first kappa shape index (κ1) is 15.7. The van der Waals surface area contributed by atoms with E-state index in [1.54, 1.807) is 11.4 Å². The molecule has 1 aromatic heterocycles. The van der Waals surface area contributed by atoms with Crippen LogP contribution < -0.4 is 5.32 Å². The predicted octanol–water partition coefficient (Wildman–Crippen LogP) is 3.39. The molecule has 1 heterocycles. The van der Waals surface area contributed by atoms with Gasteiger partial charge in [-0.2, -0.15) is 0 Å². The molecule has 0 spiro atoms. The Morgan fingerprint density at radius 2 is 2.00 bits per heavy atom. The molecule has 0 aliphatic heterocycles. The number of benzene rings is 1. The van der Waals surface area contributed by atoms with Crippen molar-refractivity contribution in [2.24, 2.45) is 0 Å². The van der Waals surface area contributed by atoms with Crippen LogP contribution in [0.15, 0.2) is 23.6 Å². The Bertz CT molecular complexity index is 769. The van der Waals surface area contributed by atoms with Gasteiger partial charge in [-0.15, -0.1) is 11.3 Å². The van der Waals surface area contributed by atoms with Crippen LogP contribution >= 0.6 is 11.3 Å². The molecule has 120 valence electrons. The smallest absolute Gasteiger partial charge is 0.346 e.